The monoisotopic (exact) mass is 603 g/mol. The quantitative estimate of drug-likeness (QED) is 0.332. The average molecular weight is 604 g/mol. The van der Waals surface area contributed by atoms with Gasteiger partial charge in [0, 0.05) is 24.7 Å². The van der Waals surface area contributed by atoms with E-state index in [4.69, 9.17) is 25.8 Å². The van der Waals surface area contributed by atoms with Gasteiger partial charge in [-0.3, -0.25) is 13.9 Å². The van der Waals surface area contributed by atoms with Gasteiger partial charge < -0.3 is 24.4 Å². The molecule has 0 aliphatic rings. The number of amides is 2. The number of anilines is 1. The zero-order valence-electron chi connectivity index (χ0n) is 23.8. The van der Waals surface area contributed by atoms with Gasteiger partial charge in [0.15, 0.2) is 11.5 Å². The van der Waals surface area contributed by atoms with Gasteiger partial charge in [-0.1, -0.05) is 35.9 Å². The summed E-state index contributed by atoms with van der Waals surface area (Å²) < 4.78 is 45.3. The van der Waals surface area contributed by atoms with Crippen molar-refractivity contribution >= 4 is 39.1 Å². The first kappa shape index (κ1) is 31.6. The smallest absolute Gasteiger partial charge is 0.265 e. The highest BCUT2D eigenvalue weighted by Gasteiger charge is 2.34. The number of nitrogens with zero attached hydrogens (tertiary/aromatic N) is 2. The second-order valence-corrected chi connectivity index (χ2v) is 11.4. The number of likely N-dealkylation sites (N-methyl/N-ethyl adjacent to an activating group) is 1. The third-order valence-electron chi connectivity index (χ3n) is 6.65. The standard InChI is InChI=1S/C29H34ClN3O7S/c1-19-9-7-8-10-21(19)17-32(20(2)29(35)31-3)28(34)18-33(24-15-22(30)11-13-25(24)38-4)41(36,37)23-12-14-26(39-5)27(16-23)40-6/h7-16,20H,17-18H2,1-6H3,(H,31,35)/t20-/m1/s1. The summed E-state index contributed by atoms with van der Waals surface area (Å²) in [5, 5.41) is 2.80. The molecule has 3 aromatic carbocycles. The van der Waals surface area contributed by atoms with E-state index in [1.54, 1.807) is 13.0 Å². The van der Waals surface area contributed by atoms with Crippen LogP contribution in [0.3, 0.4) is 0 Å². The predicted octanol–water partition coefficient (Wildman–Crippen LogP) is 4.03. The van der Waals surface area contributed by atoms with Crippen molar-refractivity contribution < 1.29 is 32.2 Å². The van der Waals surface area contributed by atoms with Crippen molar-refractivity contribution in [2.24, 2.45) is 0 Å². The zero-order valence-corrected chi connectivity index (χ0v) is 25.4. The first-order chi connectivity index (χ1) is 19.5. The Morgan fingerprint density at radius 2 is 1.56 bits per heavy atom. The van der Waals surface area contributed by atoms with E-state index in [1.165, 1.54) is 63.6 Å². The second-order valence-electron chi connectivity index (χ2n) is 9.08. The molecule has 3 aromatic rings. The number of aryl methyl sites for hydroxylation is 1. The number of hydrogen-bond donors (Lipinski definition) is 1. The van der Waals surface area contributed by atoms with E-state index in [0.717, 1.165) is 15.4 Å². The Kier molecular flexibility index (Phi) is 10.5. The highest BCUT2D eigenvalue weighted by Crippen LogP contribution is 2.37. The van der Waals surface area contributed by atoms with E-state index in [0.29, 0.717) is 5.75 Å². The maximum Gasteiger partial charge on any atom is 0.265 e. The molecule has 0 saturated heterocycles. The van der Waals surface area contributed by atoms with E-state index < -0.39 is 34.4 Å². The number of hydrogen-bond acceptors (Lipinski definition) is 7. The molecule has 1 atom stereocenters. The van der Waals surface area contributed by atoms with Crippen LogP contribution in [-0.4, -0.2) is 66.1 Å². The Bertz CT molecular complexity index is 1510. The fourth-order valence-corrected chi connectivity index (χ4v) is 5.84. The van der Waals surface area contributed by atoms with E-state index in [2.05, 4.69) is 5.32 Å². The lowest BCUT2D eigenvalue weighted by Gasteiger charge is -2.32. The maximum atomic E-state index is 14.2. The summed E-state index contributed by atoms with van der Waals surface area (Å²) in [7, 11) is 1.27. The third kappa shape index (κ3) is 7.04. The van der Waals surface area contributed by atoms with E-state index in [9.17, 15) is 18.0 Å². The van der Waals surface area contributed by atoms with Gasteiger partial charge in [0.05, 0.1) is 31.9 Å². The maximum absolute atomic E-state index is 14.2. The van der Waals surface area contributed by atoms with Gasteiger partial charge in [0.2, 0.25) is 11.8 Å². The molecule has 2 amide bonds. The van der Waals surface area contributed by atoms with Gasteiger partial charge in [-0.25, -0.2) is 8.42 Å². The molecular formula is C29H34ClN3O7S. The number of sulfonamides is 1. The molecule has 0 aliphatic heterocycles. The van der Waals surface area contributed by atoms with Gasteiger partial charge in [-0.2, -0.15) is 0 Å². The summed E-state index contributed by atoms with van der Waals surface area (Å²) in [5.74, 6) is -0.321. The second kappa shape index (κ2) is 13.6. The van der Waals surface area contributed by atoms with Crippen LogP contribution in [0.4, 0.5) is 5.69 Å². The molecule has 0 aromatic heterocycles. The van der Waals surface area contributed by atoms with E-state index >= 15 is 0 Å². The van der Waals surface area contributed by atoms with Gasteiger partial charge >= 0.3 is 0 Å². The van der Waals surface area contributed by atoms with Crippen molar-refractivity contribution in [2.45, 2.75) is 31.3 Å². The molecule has 0 radical (unpaired) electrons. The number of ether oxygens (including phenoxy) is 3. The van der Waals surface area contributed by atoms with Gasteiger partial charge in [0.25, 0.3) is 10.0 Å². The van der Waals surface area contributed by atoms with Crippen molar-refractivity contribution in [3.63, 3.8) is 0 Å². The topological polar surface area (TPSA) is 114 Å². The first-order valence-electron chi connectivity index (χ1n) is 12.6. The van der Waals surface area contributed by atoms with Crippen LogP contribution < -0.4 is 23.8 Å². The largest absolute Gasteiger partial charge is 0.495 e. The number of benzene rings is 3. The van der Waals surface area contributed by atoms with Crippen molar-refractivity contribution in [3.8, 4) is 17.2 Å². The Hall–Kier alpha value is -3.96. The summed E-state index contributed by atoms with van der Waals surface area (Å²) in [6.45, 7) is 2.91. The number of halogens is 1. The fraction of sp³-hybridized carbons (Fsp3) is 0.310. The minimum Gasteiger partial charge on any atom is -0.495 e. The van der Waals surface area contributed by atoms with E-state index in [1.807, 2.05) is 31.2 Å². The lowest BCUT2D eigenvalue weighted by molar-refractivity contribution is -0.139. The van der Waals surface area contributed by atoms with Crippen molar-refractivity contribution in [3.05, 3.63) is 76.8 Å². The van der Waals surface area contributed by atoms with Crippen LogP contribution in [0.1, 0.15) is 18.1 Å². The van der Waals surface area contributed by atoms with E-state index in [-0.39, 0.29) is 33.6 Å². The lowest BCUT2D eigenvalue weighted by atomic mass is 10.1. The molecule has 0 spiro atoms. The van der Waals surface area contributed by atoms with Crippen LogP contribution >= 0.6 is 11.6 Å². The molecule has 1 N–H and O–H groups in total. The molecule has 10 nitrogen and oxygen atoms in total. The normalized spacial score (nSPS) is 11.8. The molecule has 0 fully saturated rings. The van der Waals surface area contributed by atoms with Gasteiger partial charge in [-0.15, -0.1) is 0 Å². The summed E-state index contributed by atoms with van der Waals surface area (Å²) in [4.78, 5) is 27.9. The summed E-state index contributed by atoms with van der Waals surface area (Å²) in [6.07, 6.45) is 0. The molecule has 0 saturated carbocycles. The molecule has 0 aliphatic carbocycles. The predicted molar refractivity (Wildman–Crippen MR) is 157 cm³/mol. The number of methoxy groups -OCH3 is 3. The molecule has 12 heteroatoms. The molecule has 0 heterocycles. The number of carbonyl (C=O) groups excluding carboxylic acids is 2. The number of rotatable bonds is 12. The van der Waals surface area contributed by atoms with Gasteiger partial charge in [0.1, 0.15) is 18.3 Å². The molecule has 41 heavy (non-hydrogen) atoms. The van der Waals surface area contributed by atoms with Crippen molar-refractivity contribution in [2.75, 3.05) is 39.2 Å². The highest BCUT2D eigenvalue weighted by atomic mass is 35.5. The molecule has 3 rings (SSSR count). The Balaban J connectivity index is 2.16. The Morgan fingerprint density at radius 1 is 0.927 bits per heavy atom. The van der Waals surface area contributed by atoms with Gasteiger partial charge in [-0.05, 0) is 55.3 Å². The molecule has 0 bridgehead atoms. The number of carbonyl (C=O) groups is 2. The summed E-state index contributed by atoms with van der Waals surface area (Å²) >= 11 is 6.27. The van der Waals surface area contributed by atoms with Crippen LogP contribution in [0.25, 0.3) is 0 Å². The average Bonchev–Trinajstić information content (AvgIpc) is 2.97. The zero-order chi connectivity index (χ0) is 30.3. The minimum absolute atomic E-state index is 0.0478. The van der Waals surface area contributed by atoms with Crippen LogP contribution in [0.15, 0.2) is 65.6 Å². The van der Waals surface area contributed by atoms with Crippen LogP contribution in [0, 0.1) is 6.92 Å². The molecule has 220 valence electrons. The number of nitrogens with one attached hydrogen (secondary N) is 1. The SMILES string of the molecule is CNC(=O)[C@@H](C)N(Cc1ccccc1C)C(=O)CN(c1cc(Cl)ccc1OC)S(=O)(=O)c1ccc(OC)c(OC)c1. The highest BCUT2D eigenvalue weighted by molar-refractivity contribution is 7.92. The fourth-order valence-electron chi connectivity index (χ4n) is 4.24. The first-order valence-corrected chi connectivity index (χ1v) is 14.4. The summed E-state index contributed by atoms with van der Waals surface area (Å²) in [5.41, 5.74) is 1.78. The summed E-state index contributed by atoms with van der Waals surface area (Å²) in [6, 6.07) is 15.1. The van der Waals surface area contributed by atoms with Crippen LogP contribution in [-0.2, 0) is 26.2 Å². The lowest BCUT2D eigenvalue weighted by Crippen LogP contribution is -2.50. The van der Waals surface area contributed by atoms with Crippen LogP contribution in [0.2, 0.25) is 5.02 Å². The third-order valence-corrected chi connectivity index (χ3v) is 8.64. The Labute approximate surface area is 245 Å². The molecular weight excluding hydrogens is 570 g/mol. The Morgan fingerprint density at radius 3 is 2.17 bits per heavy atom. The van der Waals surface area contributed by atoms with Crippen molar-refractivity contribution in [1.82, 2.24) is 10.2 Å². The minimum atomic E-state index is -4.41. The van der Waals surface area contributed by atoms with Crippen molar-refractivity contribution in [1.29, 1.82) is 0 Å². The molecule has 0 unspecified atom stereocenters. The van der Waals surface area contributed by atoms with Crippen LogP contribution in [0.5, 0.6) is 17.2 Å².